The molecule has 0 rings (SSSR count). The summed E-state index contributed by atoms with van der Waals surface area (Å²) in [6.45, 7) is 13.3. The molecule has 0 aliphatic rings. The van der Waals surface area contributed by atoms with Crippen molar-refractivity contribution in [3.8, 4) is 0 Å². The predicted molar refractivity (Wildman–Crippen MR) is 62.6 cm³/mol. The summed E-state index contributed by atoms with van der Waals surface area (Å²) in [5, 5.41) is 3.56. The predicted octanol–water partition coefficient (Wildman–Crippen LogP) is 2.68. The maximum Gasteiger partial charge on any atom is 0.0476 e. The lowest BCUT2D eigenvalue weighted by Crippen LogP contribution is -2.38. The van der Waals surface area contributed by atoms with Gasteiger partial charge in [-0.25, -0.2) is 0 Å². The van der Waals surface area contributed by atoms with Gasteiger partial charge in [0.2, 0.25) is 0 Å². The zero-order chi connectivity index (χ0) is 11.2. The van der Waals surface area contributed by atoms with Crippen molar-refractivity contribution < 1.29 is 4.74 Å². The van der Waals surface area contributed by atoms with Gasteiger partial charge in [-0.15, -0.1) is 0 Å². The van der Waals surface area contributed by atoms with Gasteiger partial charge in [0.25, 0.3) is 0 Å². The Morgan fingerprint density at radius 3 is 2.21 bits per heavy atom. The van der Waals surface area contributed by atoms with E-state index in [1.54, 1.807) is 7.11 Å². The molecule has 0 aromatic heterocycles. The summed E-state index contributed by atoms with van der Waals surface area (Å²) in [5.74, 6) is 0.713. The van der Waals surface area contributed by atoms with Crippen molar-refractivity contribution in [3.63, 3.8) is 0 Å². The molecule has 14 heavy (non-hydrogen) atoms. The summed E-state index contributed by atoms with van der Waals surface area (Å²) in [7, 11) is 1.75. The molecule has 2 nitrogen and oxygen atoms in total. The highest BCUT2D eigenvalue weighted by atomic mass is 16.5. The van der Waals surface area contributed by atoms with E-state index in [4.69, 9.17) is 4.74 Å². The third-order valence-corrected chi connectivity index (χ3v) is 3.22. The van der Waals surface area contributed by atoms with Gasteiger partial charge in [-0.1, -0.05) is 27.7 Å². The van der Waals surface area contributed by atoms with Crippen molar-refractivity contribution in [2.45, 2.75) is 47.1 Å². The maximum absolute atomic E-state index is 5.05. The van der Waals surface area contributed by atoms with Crippen LogP contribution in [0.3, 0.4) is 0 Å². The molecule has 2 heteroatoms. The van der Waals surface area contributed by atoms with Gasteiger partial charge in [0.05, 0.1) is 0 Å². The molecule has 0 heterocycles. The van der Waals surface area contributed by atoms with Gasteiger partial charge in [0.15, 0.2) is 0 Å². The minimum absolute atomic E-state index is 0.376. The van der Waals surface area contributed by atoms with Gasteiger partial charge < -0.3 is 10.1 Å². The number of rotatable bonds is 7. The second-order valence-electron chi connectivity index (χ2n) is 5.21. The molecular weight excluding hydrogens is 174 g/mol. The van der Waals surface area contributed by atoms with E-state index in [9.17, 15) is 0 Å². The van der Waals surface area contributed by atoms with Crippen LogP contribution in [0, 0.1) is 11.3 Å². The van der Waals surface area contributed by atoms with E-state index in [0.717, 1.165) is 19.6 Å². The molecular formula is C12H27NO. The van der Waals surface area contributed by atoms with Gasteiger partial charge in [-0.2, -0.15) is 0 Å². The minimum Gasteiger partial charge on any atom is -0.385 e. The zero-order valence-electron chi connectivity index (χ0n) is 10.7. The molecule has 0 fully saturated rings. The van der Waals surface area contributed by atoms with Crippen LogP contribution in [0.2, 0.25) is 0 Å². The lowest BCUT2D eigenvalue weighted by Gasteiger charge is -2.31. The molecule has 0 spiro atoms. The Kier molecular flexibility index (Phi) is 6.38. The molecule has 0 saturated carbocycles. The van der Waals surface area contributed by atoms with Gasteiger partial charge >= 0.3 is 0 Å². The normalized spacial score (nSPS) is 14.8. The van der Waals surface area contributed by atoms with Gasteiger partial charge in [0, 0.05) is 26.3 Å². The van der Waals surface area contributed by atoms with Crippen molar-refractivity contribution in [2.75, 3.05) is 20.3 Å². The highest BCUT2D eigenvalue weighted by Crippen LogP contribution is 2.24. The molecule has 0 aromatic rings. The standard InChI is InChI=1S/C12H27NO/c1-10(2)12(4,5)9-13-11(3)7-8-14-6/h10-11,13H,7-9H2,1-6H3. The summed E-state index contributed by atoms with van der Waals surface area (Å²) >= 11 is 0. The van der Waals surface area contributed by atoms with Gasteiger partial charge in [-0.3, -0.25) is 0 Å². The molecule has 0 aromatic carbocycles. The highest BCUT2D eigenvalue weighted by Gasteiger charge is 2.22. The summed E-state index contributed by atoms with van der Waals surface area (Å²) in [5.41, 5.74) is 0.376. The minimum atomic E-state index is 0.376. The number of methoxy groups -OCH3 is 1. The Bertz CT molecular complexity index is 143. The van der Waals surface area contributed by atoms with Crippen LogP contribution in [0.25, 0.3) is 0 Å². The second-order valence-corrected chi connectivity index (χ2v) is 5.21. The molecule has 0 aliphatic heterocycles. The van der Waals surface area contributed by atoms with Crippen LogP contribution < -0.4 is 5.32 Å². The van der Waals surface area contributed by atoms with Crippen LogP contribution in [0.15, 0.2) is 0 Å². The van der Waals surface area contributed by atoms with E-state index in [-0.39, 0.29) is 0 Å². The topological polar surface area (TPSA) is 21.3 Å². The van der Waals surface area contributed by atoms with Crippen molar-refractivity contribution in [1.82, 2.24) is 5.32 Å². The molecule has 0 radical (unpaired) electrons. The van der Waals surface area contributed by atoms with E-state index < -0.39 is 0 Å². The zero-order valence-corrected chi connectivity index (χ0v) is 10.7. The fourth-order valence-electron chi connectivity index (χ4n) is 1.04. The third kappa shape index (κ3) is 5.61. The molecule has 86 valence electrons. The molecule has 1 unspecified atom stereocenters. The average Bonchev–Trinajstić information content (AvgIpc) is 2.11. The quantitative estimate of drug-likeness (QED) is 0.684. The summed E-state index contributed by atoms with van der Waals surface area (Å²) in [4.78, 5) is 0. The second kappa shape index (κ2) is 6.41. The summed E-state index contributed by atoms with van der Waals surface area (Å²) in [6.07, 6.45) is 1.09. The molecule has 1 atom stereocenters. The van der Waals surface area contributed by atoms with E-state index in [0.29, 0.717) is 17.4 Å². The average molecular weight is 201 g/mol. The van der Waals surface area contributed by atoms with Gasteiger partial charge in [0.1, 0.15) is 0 Å². The van der Waals surface area contributed by atoms with Crippen LogP contribution >= 0.6 is 0 Å². The monoisotopic (exact) mass is 201 g/mol. The van der Waals surface area contributed by atoms with E-state index in [1.807, 2.05) is 0 Å². The smallest absolute Gasteiger partial charge is 0.0476 e. The van der Waals surface area contributed by atoms with Crippen molar-refractivity contribution >= 4 is 0 Å². The first-order valence-electron chi connectivity index (χ1n) is 5.62. The van der Waals surface area contributed by atoms with E-state index in [1.165, 1.54) is 0 Å². The molecule has 0 saturated heterocycles. The molecule has 0 aliphatic carbocycles. The maximum atomic E-state index is 5.05. The SMILES string of the molecule is COCCC(C)NCC(C)(C)C(C)C. The van der Waals surface area contributed by atoms with Crippen LogP contribution in [-0.4, -0.2) is 26.3 Å². The summed E-state index contributed by atoms with van der Waals surface area (Å²) < 4.78 is 5.05. The largest absolute Gasteiger partial charge is 0.385 e. The third-order valence-electron chi connectivity index (χ3n) is 3.22. The van der Waals surface area contributed by atoms with Crippen LogP contribution in [0.4, 0.5) is 0 Å². The Hall–Kier alpha value is -0.0800. The van der Waals surface area contributed by atoms with Crippen molar-refractivity contribution in [2.24, 2.45) is 11.3 Å². The number of hydrogen-bond donors (Lipinski definition) is 1. The number of ether oxygens (including phenoxy) is 1. The first-order valence-corrected chi connectivity index (χ1v) is 5.62. The summed E-state index contributed by atoms with van der Waals surface area (Å²) in [6, 6.07) is 0.549. The molecule has 0 bridgehead atoms. The lowest BCUT2D eigenvalue weighted by molar-refractivity contribution is 0.176. The first-order chi connectivity index (χ1) is 6.40. The Morgan fingerprint density at radius 1 is 1.21 bits per heavy atom. The fraction of sp³-hybridized carbons (Fsp3) is 1.00. The Balaban J connectivity index is 3.70. The fourth-order valence-corrected chi connectivity index (χ4v) is 1.04. The van der Waals surface area contributed by atoms with Gasteiger partial charge in [-0.05, 0) is 24.7 Å². The Morgan fingerprint density at radius 2 is 1.79 bits per heavy atom. The van der Waals surface area contributed by atoms with Crippen LogP contribution in [-0.2, 0) is 4.74 Å². The van der Waals surface area contributed by atoms with E-state index in [2.05, 4.69) is 39.9 Å². The number of hydrogen-bond acceptors (Lipinski definition) is 2. The molecule has 1 N–H and O–H groups in total. The van der Waals surface area contributed by atoms with E-state index >= 15 is 0 Å². The lowest BCUT2D eigenvalue weighted by atomic mass is 9.81. The van der Waals surface area contributed by atoms with Crippen LogP contribution in [0.5, 0.6) is 0 Å². The van der Waals surface area contributed by atoms with Crippen molar-refractivity contribution in [1.29, 1.82) is 0 Å². The first kappa shape index (κ1) is 13.9. The van der Waals surface area contributed by atoms with Crippen LogP contribution in [0.1, 0.15) is 41.0 Å². The Labute approximate surface area is 89.4 Å². The van der Waals surface area contributed by atoms with Crippen molar-refractivity contribution in [3.05, 3.63) is 0 Å². The number of nitrogens with one attached hydrogen (secondary N) is 1. The highest BCUT2D eigenvalue weighted by molar-refractivity contribution is 4.76. The molecule has 0 amide bonds.